The summed E-state index contributed by atoms with van der Waals surface area (Å²) >= 11 is 0. The van der Waals surface area contributed by atoms with E-state index in [1.165, 1.54) is 18.9 Å². The van der Waals surface area contributed by atoms with Crippen LogP contribution in [0.25, 0.3) is 0 Å². The van der Waals surface area contributed by atoms with Gasteiger partial charge in [-0.1, -0.05) is 26.7 Å². The van der Waals surface area contributed by atoms with Crippen molar-refractivity contribution in [2.75, 3.05) is 11.9 Å². The monoisotopic (exact) mass is 294 g/mol. The van der Waals surface area contributed by atoms with Crippen LogP contribution < -0.4 is 10.1 Å². The Hall–Kier alpha value is -1.78. The van der Waals surface area contributed by atoms with Gasteiger partial charge in [-0.15, -0.1) is 0 Å². The summed E-state index contributed by atoms with van der Waals surface area (Å²) in [5, 5.41) is 14.3. The first-order valence-corrected chi connectivity index (χ1v) is 7.61. The first kappa shape index (κ1) is 17.3. The molecule has 0 aliphatic heterocycles. The SMILES string of the molecule is CCOc1cc(NC(C)CCCC(C)C)ccc1[N+](=O)[O-]. The van der Waals surface area contributed by atoms with Crippen LogP contribution in [-0.4, -0.2) is 17.6 Å². The predicted octanol–water partition coefficient (Wildman–Crippen LogP) is 4.62. The number of nitrogens with one attached hydrogen (secondary N) is 1. The molecule has 5 heteroatoms. The smallest absolute Gasteiger partial charge is 0.311 e. The van der Waals surface area contributed by atoms with Crippen molar-refractivity contribution < 1.29 is 9.66 Å². The summed E-state index contributed by atoms with van der Waals surface area (Å²) < 4.78 is 5.35. The number of hydrogen-bond donors (Lipinski definition) is 1. The molecule has 0 aliphatic rings. The fraction of sp³-hybridized carbons (Fsp3) is 0.625. The van der Waals surface area contributed by atoms with Gasteiger partial charge in [0.05, 0.1) is 11.5 Å². The summed E-state index contributed by atoms with van der Waals surface area (Å²) in [7, 11) is 0. The van der Waals surface area contributed by atoms with E-state index < -0.39 is 4.92 Å². The van der Waals surface area contributed by atoms with E-state index in [-0.39, 0.29) is 5.69 Å². The zero-order valence-electron chi connectivity index (χ0n) is 13.4. The molecule has 1 aromatic rings. The summed E-state index contributed by atoms with van der Waals surface area (Å²) in [5.74, 6) is 1.04. The molecular weight excluding hydrogens is 268 g/mol. The van der Waals surface area contributed by atoms with Gasteiger partial charge in [-0.3, -0.25) is 10.1 Å². The lowest BCUT2D eigenvalue weighted by atomic mass is 10.0. The van der Waals surface area contributed by atoms with E-state index in [4.69, 9.17) is 4.74 Å². The summed E-state index contributed by atoms with van der Waals surface area (Å²) in [6.45, 7) is 8.81. The molecule has 21 heavy (non-hydrogen) atoms. The van der Waals surface area contributed by atoms with Crippen molar-refractivity contribution in [3.63, 3.8) is 0 Å². The van der Waals surface area contributed by atoms with E-state index in [1.807, 2.05) is 6.92 Å². The van der Waals surface area contributed by atoms with Gasteiger partial charge in [-0.25, -0.2) is 0 Å². The number of rotatable bonds is 9. The van der Waals surface area contributed by atoms with Crippen LogP contribution in [0.4, 0.5) is 11.4 Å². The van der Waals surface area contributed by atoms with Crippen molar-refractivity contribution in [3.05, 3.63) is 28.3 Å². The third kappa shape index (κ3) is 6.02. The number of nitro benzene ring substituents is 1. The molecule has 1 rings (SSSR count). The highest BCUT2D eigenvalue weighted by Crippen LogP contribution is 2.30. The summed E-state index contributed by atoms with van der Waals surface area (Å²) in [5.41, 5.74) is 0.871. The number of hydrogen-bond acceptors (Lipinski definition) is 4. The molecule has 0 fully saturated rings. The maximum atomic E-state index is 10.9. The lowest BCUT2D eigenvalue weighted by molar-refractivity contribution is -0.385. The Kier molecular flexibility index (Phi) is 6.99. The molecule has 0 bridgehead atoms. The Balaban J connectivity index is 2.66. The van der Waals surface area contributed by atoms with Crippen LogP contribution in [0.15, 0.2) is 18.2 Å². The minimum atomic E-state index is -0.416. The first-order chi connectivity index (χ1) is 9.93. The first-order valence-electron chi connectivity index (χ1n) is 7.61. The third-order valence-corrected chi connectivity index (χ3v) is 3.29. The molecule has 0 aromatic heterocycles. The molecule has 118 valence electrons. The number of ether oxygens (including phenoxy) is 1. The summed E-state index contributed by atoms with van der Waals surface area (Å²) in [4.78, 5) is 10.5. The average molecular weight is 294 g/mol. The van der Waals surface area contributed by atoms with E-state index in [9.17, 15) is 10.1 Å². The van der Waals surface area contributed by atoms with Gasteiger partial charge < -0.3 is 10.1 Å². The van der Waals surface area contributed by atoms with Gasteiger partial charge in [0.1, 0.15) is 0 Å². The van der Waals surface area contributed by atoms with Crippen LogP contribution in [0.3, 0.4) is 0 Å². The highest BCUT2D eigenvalue weighted by molar-refractivity contribution is 5.58. The molecule has 0 amide bonds. The van der Waals surface area contributed by atoms with Crippen LogP contribution in [0.1, 0.15) is 47.0 Å². The molecule has 1 N–H and O–H groups in total. The number of nitro groups is 1. The second-order valence-corrected chi connectivity index (χ2v) is 5.74. The van der Waals surface area contributed by atoms with Crippen LogP contribution in [-0.2, 0) is 0 Å². The van der Waals surface area contributed by atoms with E-state index >= 15 is 0 Å². The second-order valence-electron chi connectivity index (χ2n) is 5.74. The zero-order chi connectivity index (χ0) is 15.8. The van der Waals surface area contributed by atoms with E-state index in [0.29, 0.717) is 18.4 Å². The molecule has 0 spiro atoms. The Morgan fingerprint density at radius 1 is 1.29 bits per heavy atom. The van der Waals surface area contributed by atoms with E-state index in [1.54, 1.807) is 12.1 Å². The Morgan fingerprint density at radius 2 is 2.00 bits per heavy atom. The highest BCUT2D eigenvalue weighted by atomic mass is 16.6. The molecule has 1 aromatic carbocycles. The van der Waals surface area contributed by atoms with Crippen molar-refractivity contribution in [1.29, 1.82) is 0 Å². The van der Waals surface area contributed by atoms with Gasteiger partial charge in [0.25, 0.3) is 0 Å². The van der Waals surface area contributed by atoms with Crippen LogP contribution in [0.5, 0.6) is 5.75 Å². The number of nitrogens with zero attached hydrogens (tertiary/aromatic N) is 1. The Labute approximate surface area is 126 Å². The highest BCUT2D eigenvalue weighted by Gasteiger charge is 2.15. The molecular formula is C16H26N2O3. The van der Waals surface area contributed by atoms with Crippen molar-refractivity contribution in [2.45, 2.75) is 53.0 Å². The maximum Gasteiger partial charge on any atom is 0.311 e. The zero-order valence-corrected chi connectivity index (χ0v) is 13.4. The standard InChI is InChI=1S/C16H26N2O3/c1-5-21-16-11-14(9-10-15(16)18(19)20)17-13(4)8-6-7-12(2)3/h9-13,17H,5-8H2,1-4H3. The molecule has 5 nitrogen and oxygen atoms in total. The second kappa shape index (κ2) is 8.49. The van der Waals surface area contributed by atoms with E-state index in [2.05, 4.69) is 26.1 Å². The maximum absolute atomic E-state index is 10.9. The minimum Gasteiger partial charge on any atom is -0.487 e. The van der Waals surface area contributed by atoms with Crippen molar-refractivity contribution in [3.8, 4) is 5.75 Å². The fourth-order valence-electron chi connectivity index (χ4n) is 2.21. The number of anilines is 1. The van der Waals surface area contributed by atoms with Gasteiger partial charge in [0.2, 0.25) is 0 Å². The number of benzene rings is 1. The van der Waals surface area contributed by atoms with Crippen molar-refractivity contribution >= 4 is 11.4 Å². The van der Waals surface area contributed by atoms with Gasteiger partial charge in [-0.2, -0.15) is 0 Å². The third-order valence-electron chi connectivity index (χ3n) is 3.29. The molecule has 0 saturated heterocycles. The van der Waals surface area contributed by atoms with E-state index in [0.717, 1.165) is 18.0 Å². The van der Waals surface area contributed by atoms with Gasteiger partial charge in [-0.05, 0) is 32.3 Å². The lowest BCUT2D eigenvalue weighted by Crippen LogP contribution is -2.15. The van der Waals surface area contributed by atoms with Gasteiger partial charge in [0.15, 0.2) is 5.75 Å². The molecule has 0 saturated carbocycles. The molecule has 1 atom stereocenters. The Bertz CT molecular complexity index is 461. The minimum absolute atomic E-state index is 0.00913. The average Bonchev–Trinajstić information content (AvgIpc) is 2.38. The predicted molar refractivity (Wildman–Crippen MR) is 86.0 cm³/mol. The Morgan fingerprint density at radius 3 is 2.57 bits per heavy atom. The molecule has 0 heterocycles. The van der Waals surface area contributed by atoms with Crippen LogP contribution in [0, 0.1) is 16.0 Å². The molecule has 0 radical (unpaired) electrons. The van der Waals surface area contributed by atoms with Crippen LogP contribution in [0.2, 0.25) is 0 Å². The quantitative estimate of drug-likeness (QED) is 0.533. The van der Waals surface area contributed by atoms with Crippen molar-refractivity contribution in [1.82, 2.24) is 0 Å². The summed E-state index contributed by atoms with van der Waals surface area (Å²) in [6.07, 6.45) is 3.48. The topological polar surface area (TPSA) is 64.4 Å². The summed E-state index contributed by atoms with van der Waals surface area (Å²) in [6, 6.07) is 5.27. The van der Waals surface area contributed by atoms with Gasteiger partial charge in [0, 0.05) is 23.9 Å². The normalized spacial score (nSPS) is 12.2. The molecule has 1 unspecified atom stereocenters. The largest absolute Gasteiger partial charge is 0.487 e. The van der Waals surface area contributed by atoms with Crippen LogP contribution >= 0.6 is 0 Å². The van der Waals surface area contributed by atoms with Crippen molar-refractivity contribution in [2.24, 2.45) is 5.92 Å². The van der Waals surface area contributed by atoms with Gasteiger partial charge >= 0.3 is 5.69 Å². The molecule has 0 aliphatic carbocycles. The lowest BCUT2D eigenvalue weighted by Gasteiger charge is -2.16. The fourth-order valence-corrected chi connectivity index (χ4v) is 2.21.